The molecule has 3 rings (SSSR count). The van der Waals surface area contributed by atoms with Gasteiger partial charge in [0.1, 0.15) is 18.3 Å². The number of ether oxygens (including phenoxy) is 1. The average Bonchev–Trinajstić information content (AvgIpc) is 3.06. The molecule has 1 fully saturated rings. The van der Waals surface area contributed by atoms with Gasteiger partial charge in [-0.05, 0) is 29.7 Å². The largest absolute Gasteiger partial charge is 0.394 e. The van der Waals surface area contributed by atoms with E-state index in [1.807, 2.05) is 18.3 Å². The second-order valence-corrected chi connectivity index (χ2v) is 6.37. The molecule has 24 heavy (non-hydrogen) atoms. The molecule has 1 saturated heterocycles. The summed E-state index contributed by atoms with van der Waals surface area (Å²) in [6.07, 6.45) is 0.280. The predicted octanol–water partition coefficient (Wildman–Crippen LogP) is 1.64. The van der Waals surface area contributed by atoms with Crippen LogP contribution in [0.5, 0.6) is 0 Å². The number of nitrogens with zero attached hydrogens (tertiary/aromatic N) is 1. The van der Waals surface area contributed by atoms with Gasteiger partial charge < -0.3 is 24.6 Å². The van der Waals surface area contributed by atoms with Crippen molar-refractivity contribution in [1.82, 2.24) is 4.57 Å². The molecule has 1 aromatic heterocycles. The molecule has 2 aromatic rings. The summed E-state index contributed by atoms with van der Waals surface area (Å²) in [6, 6.07) is 12.4. The van der Waals surface area contributed by atoms with Gasteiger partial charge in [0.05, 0.1) is 12.7 Å². The fraction of sp³-hybridized carbons (Fsp3) is 0.474. The van der Waals surface area contributed by atoms with Crippen LogP contribution in [0.2, 0.25) is 0 Å². The quantitative estimate of drug-likeness (QED) is 0.779. The molecular weight excluding hydrogens is 306 g/mol. The Morgan fingerprint density at radius 3 is 2.50 bits per heavy atom. The van der Waals surface area contributed by atoms with Crippen LogP contribution in [0.15, 0.2) is 42.6 Å². The van der Waals surface area contributed by atoms with Gasteiger partial charge in [-0.15, -0.1) is 0 Å². The lowest BCUT2D eigenvalue weighted by atomic mass is 9.96. The Hall–Kier alpha value is -1.66. The fourth-order valence-corrected chi connectivity index (χ4v) is 3.24. The third kappa shape index (κ3) is 3.54. The first-order valence-electron chi connectivity index (χ1n) is 8.47. The van der Waals surface area contributed by atoms with E-state index in [2.05, 4.69) is 35.8 Å². The monoisotopic (exact) mass is 331 g/mol. The zero-order valence-corrected chi connectivity index (χ0v) is 13.9. The highest BCUT2D eigenvalue weighted by atomic mass is 16.5. The van der Waals surface area contributed by atoms with Crippen LogP contribution >= 0.6 is 0 Å². The molecule has 5 heteroatoms. The molecule has 0 radical (unpaired) electrons. The van der Waals surface area contributed by atoms with Crippen molar-refractivity contribution in [2.75, 3.05) is 6.61 Å². The lowest BCUT2D eigenvalue weighted by Gasteiger charge is -2.36. The Balaban J connectivity index is 1.77. The third-order valence-electron chi connectivity index (χ3n) is 4.73. The van der Waals surface area contributed by atoms with Crippen LogP contribution in [0.25, 0.3) is 0 Å². The van der Waals surface area contributed by atoms with Crippen molar-refractivity contribution < 1.29 is 20.1 Å². The number of aryl methyl sites for hydroxylation is 1. The molecule has 0 bridgehead atoms. The Bertz CT molecular complexity index is 652. The van der Waals surface area contributed by atoms with Crippen LogP contribution in [-0.2, 0) is 17.7 Å². The second kappa shape index (κ2) is 7.49. The zero-order valence-electron chi connectivity index (χ0n) is 13.9. The first-order chi connectivity index (χ1) is 11.6. The van der Waals surface area contributed by atoms with Gasteiger partial charge in [-0.2, -0.15) is 0 Å². The molecular formula is C19H25NO4. The molecule has 0 aliphatic carbocycles. The fourth-order valence-electron chi connectivity index (χ4n) is 3.24. The van der Waals surface area contributed by atoms with Crippen LogP contribution in [-0.4, -0.2) is 44.8 Å². The summed E-state index contributed by atoms with van der Waals surface area (Å²) in [5, 5.41) is 29.2. The van der Waals surface area contributed by atoms with Gasteiger partial charge in [0.2, 0.25) is 0 Å². The number of aromatic nitrogens is 1. The number of rotatable bonds is 5. The number of hydrogen-bond donors (Lipinski definition) is 3. The van der Waals surface area contributed by atoms with Gasteiger partial charge >= 0.3 is 0 Å². The van der Waals surface area contributed by atoms with Crippen LogP contribution in [0, 0.1) is 0 Å². The standard InChI is InChI=1S/C19H25NO4/c1-2-13-5-7-14(8-6-13)11-20-9-3-4-15(20)17-10-16(22)19(23)18(12-21)24-17/h3-9,16-19,21-23H,2,10-12H2,1H3/t16?,17?,18-,19+/m1/s1. The second-order valence-electron chi connectivity index (χ2n) is 6.37. The van der Waals surface area contributed by atoms with E-state index in [0.29, 0.717) is 13.0 Å². The summed E-state index contributed by atoms with van der Waals surface area (Å²) in [7, 11) is 0. The summed E-state index contributed by atoms with van der Waals surface area (Å²) in [5.41, 5.74) is 3.45. The van der Waals surface area contributed by atoms with E-state index in [1.54, 1.807) is 0 Å². The molecule has 3 N–H and O–H groups in total. The summed E-state index contributed by atoms with van der Waals surface area (Å²) >= 11 is 0. The molecule has 0 amide bonds. The van der Waals surface area contributed by atoms with Gasteiger partial charge in [-0.1, -0.05) is 31.2 Å². The third-order valence-corrected chi connectivity index (χ3v) is 4.73. The highest BCUT2D eigenvalue weighted by Gasteiger charge is 2.37. The maximum Gasteiger partial charge on any atom is 0.110 e. The summed E-state index contributed by atoms with van der Waals surface area (Å²) in [5.74, 6) is 0. The van der Waals surface area contributed by atoms with Crippen molar-refractivity contribution in [2.45, 2.75) is 50.7 Å². The summed E-state index contributed by atoms with van der Waals surface area (Å²) in [6.45, 7) is 2.54. The molecule has 1 aliphatic rings. The van der Waals surface area contributed by atoms with Gasteiger partial charge in [-0.3, -0.25) is 0 Å². The van der Waals surface area contributed by atoms with Crippen molar-refractivity contribution >= 4 is 0 Å². The van der Waals surface area contributed by atoms with E-state index in [-0.39, 0.29) is 12.7 Å². The van der Waals surface area contributed by atoms with Crippen molar-refractivity contribution in [3.8, 4) is 0 Å². The Kier molecular flexibility index (Phi) is 5.36. The molecule has 0 saturated carbocycles. The molecule has 4 atom stereocenters. The van der Waals surface area contributed by atoms with E-state index in [4.69, 9.17) is 4.74 Å². The maximum absolute atomic E-state index is 10.0. The van der Waals surface area contributed by atoms with Crippen LogP contribution in [0.4, 0.5) is 0 Å². The molecule has 0 spiro atoms. The highest BCUT2D eigenvalue weighted by Crippen LogP contribution is 2.32. The highest BCUT2D eigenvalue weighted by molar-refractivity contribution is 5.24. The van der Waals surface area contributed by atoms with Gasteiger partial charge in [0.25, 0.3) is 0 Å². The van der Waals surface area contributed by atoms with Crippen molar-refractivity contribution in [3.05, 3.63) is 59.4 Å². The maximum atomic E-state index is 10.0. The number of aliphatic hydroxyl groups excluding tert-OH is 3. The van der Waals surface area contributed by atoms with E-state index in [1.165, 1.54) is 11.1 Å². The van der Waals surface area contributed by atoms with Crippen molar-refractivity contribution in [1.29, 1.82) is 0 Å². The molecule has 130 valence electrons. The Morgan fingerprint density at radius 2 is 1.83 bits per heavy atom. The first kappa shape index (κ1) is 17.2. The molecule has 1 aromatic carbocycles. The normalized spacial score (nSPS) is 27.3. The average molecular weight is 331 g/mol. The van der Waals surface area contributed by atoms with E-state index in [9.17, 15) is 15.3 Å². The van der Waals surface area contributed by atoms with E-state index in [0.717, 1.165) is 12.1 Å². The molecule has 2 unspecified atom stereocenters. The zero-order chi connectivity index (χ0) is 17.1. The van der Waals surface area contributed by atoms with Crippen LogP contribution in [0.1, 0.15) is 36.3 Å². The topological polar surface area (TPSA) is 74.9 Å². The van der Waals surface area contributed by atoms with Crippen LogP contribution < -0.4 is 0 Å². The lowest BCUT2D eigenvalue weighted by molar-refractivity contribution is -0.183. The van der Waals surface area contributed by atoms with E-state index < -0.39 is 18.3 Å². The Labute approximate surface area is 142 Å². The summed E-state index contributed by atoms with van der Waals surface area (Å²) in [4.78, 5) is 0. The molecule has 1 aliphatic heterocycles. The smallest absolute Gasteiger partial charge is 0.110 e. The van der Waals surface area contributed by atoms with Crippen LogP contribution in [0.3, 0.4) is 0 Å². The van der Waals surface area contributed by atoms with Gasteiger partial charge in [0, 0.05) is 24.9 Å². The minimum atomic E-state index is -1.05. The number of benzene rings is 1. The predicted molar refractivity (Wildman–Crippen MR) is 90.7 cm³/mol. The number of hydrogen-bond acceptors (Lipinski definition) is 4. The minimum absolute atomic E-state index is 0.312. The van der Waals surface area contributed by atoms with Gasteiger partial charge in [0.15, 0.2) is 0 Å². The first-order valence-corrected chi connectivity index (χ1v) is 8.47. The lowest BCUT2D eigenvalue weighted by Crippen LogP contribution is -2.47. The Morgan fingerprint density at radius 1 is 1.12 bits per heavy atom. The van der Waals surface area contributed by atoms with Crippen molar-refractivity contribution in [2.24, 2.45) is 0 Å². The number of aliphatic hydroxyl groups is 3. The van der Waals surface area contributed by atoms with Crippen molar-refractivity contribution in [3.63, 3.8) is 0 Å². The molecule has 2 heterocycles. The van der Waals surface area contributed by atoms with E-state index >= 15 is 0 Å². The SMILES string of the molecule is CCc1ccc(Cn2cccc2C2CC(O)[C@H](O)[C@@H](CO)O2)cc1. The molecule has 5 nitrogen and oxygen atoms in total. The van der Waals surface area contributed by atoms with Gasteiger partial charge in [-0.25, -0.2) is 0 Å². The summed E-state index contributed by atoms with van der Waals surface area (Å²) < 4.78 is 7.88. The minimum Gasteiger partial charge on any atom is -0.394 e.